The van der Waals surface area contributed by atoms with Gasteiger partial charge >= 0.3 is 0 Å². The summed E-state index contributed by atoms with van der Waals surface area (Å²) in [7, 11) is 3.47. The van der Waals surface area contributed by atoms with Gasteiger partial charge < -0.3 is 9.80 Å². The number of hydrogen-bond acceptors (Lipinski definition) is 6. The van der Waals surface area contributed by atoms with Crippen molar-refractivity contribution in [3.8, 4) is 0 Å². The van der Waals surface area contributed by atoms with Crippen molar-refractivity contribution in [1.82, 2.24) is 24.8 Å². The van der Waals surface area contributed by atoms with E-state index < -0.39 is 0 Å². The van der Waals surface area contributed by atoms with Crippen molar-refractivity contribution >= 4 is 11.7 Å². The number of carbonyl (C=O) groups is 1. The average Bonchev–Trinajstić information content (AvgIpc) is 2.87. The maximum absolute atomic E-state index is 12.1. The molecule has 2 aromatic rings. The van der Waals surface area contributed by atoms with Crippen LogP contribution in [0.4, 0.5) is 5.82 Å². The van der Waals surface area contributed by atoms with E-state index in [1.807, 2.05) is 19.1 Å². The molecule has 138 valence electrons. The molecule has 1 unspecified atom stereocenters. The van der Waals surface area contributed by atoms with E-state index in [-0.39, 0.29) is 5.91 Å². The number of carbonyl (C=O) groups excluding carboxylic acids is 1. The van der Waals surface area contributed by atoms with Crippen LogP contribution in [-0.4, -0.2) is 57.9 Å². The van der Waals surface area contributed by atoms with Crippen molar-refractivity contribution in [2.75, 3.05) is 32.1 Å². The van der Waals surface area contributed by atoms with Gasteiger partial charge in [-0.05, 0) is 44.6 Å². The first-order chi connectivity index (χ1) is 12.5. The molecule has 1 saturated heterocycles. The van der Waals surface area contributed by atoms with Gasteiger partial charge in [0.2, 0.25) is 0 Å². The van der Waals surface area contributed by atoms with Gasteiger partial charge in [0, 0.05) is 44.6 Å². The van der Waals surface area contributed by atoms with Crippen LogP contribution in [0.25, 0.3) is 0 Å². The van der Waals surface area contributed by atoms with Gasteiger partial charge in [0.1, 0.15) is 24.2 Å². The highest BCUT2D eigenvalue weighted by atomic mass is 16.2. The van der Waals surface area contributed by atoms with Crippen LogP contribution in [0.15, 0.2) is 24.8 Å². The molecular formula is C19H26N6O. The lowest BCUT2D eigenvalue weighted by atomic mass is 9.95. The Balaban J connectivity index is 1.63. The number of amides is 1. The molecule has 2 aromatic heterocycles. The number of rotatable bonds is 4. The number of anilines is 1. The number of hydrogen-bond donors (Lipinski definition) is 0. The SMILES string of the molecule is Cc1cc(N2CCCC(Cc3cc(C(=O)N(C)C)ncn3)CC2)ncn1. The first-order valence-electron chi connectivity index (χ1n) is 9.09. The monoisotopic (exact) mass is 354 g/mol. The largest absolute Gasteiger partial charge is 0.357 e. The normalized spacial score (nSPS) is 17.7. The highest BCUT2D eigenvalue weighted by Crippen LogP contribution is 2.24. The first-order valence-corrected chi connectivity index (χ1v) is 9.09. The molecule has 0 N–H and O–H groups in total. The van der Waals surface area contributed by atoms with Crippen molar-refractivity contribution in [2.45, 2.75) is 32.6 Å². The van der Waals surface area contributed by atoms with Crippen LogP contribution >= 0.6 is 0 Å². The molecule has 0 aromatic carbocycles. The number of aromatic nitrogens is 4. The molecule has 0 aliphatic carbocycles. The van der Waals surface area contributed by atoms with Crippen LogP contribution in [0.1, 0.15) is 41.1 Å². The summed E-state index contributed by atoms with van der Waals surface area (Å²) >= 11 is 0. The van der Waals surface area contributed by atoms with Gasteiger partial charge in [0.05, 0.1) is 0 Å². The van der Waals surface area contributed by atoms with E-state index in [2.05, 4.69) is 24.8 Å². The van der Waals surface area contributed by atoms with E-state index in [1.165, 1.54) is 6.33 Å². The Labute approximate surface area is 154 Å². The van der Waals surface area contributed by atoms with E-state index in [4.69, 9.17) is 0 Å². The quantitative estimate of drug-likeness (QED) is 0.837. The molecule has 26 heavy (non-hydrogen) atoms. The number of aryl methyl sites for hydroxylation is 1. The Bertz CT molecular complexity index is 763. The topological polar surface area (TPSA) is 75.1 Å². The van der Waals surface area contributed by atoms with Crippen molar-refractivity contribution in [3.05, 3.63) is 41.9 Å². The van der Waals surface area contributed by atoms with E-state index in [0.717, 1.165) is 56.0 Å². The second-order valence-corrected chi connectivity index (χ2v) is 7.10. The Morgan fingerprint density at radius 1 is 1.12 bits per heavy atom. The highest BCUT2D eigenvalue weighted by molar-refractivity contribution is 5.91. The molecule has 1 fully saturated rings. The molecule has 1 aliphatic heterocycles. The molecule has 7 heteroatoms. The van der Waals surface area contributed by atoms with Crippen LogP contribution in [0.5, 0.6) is 0 Å². The summed E-state index contributed by atoms with van der Waals surface area (Å²) in [6.07, 6.45) is 7.39. The van der Waals surface area contributed by atoms with Gasteiger partial charge in [-0.1, -0.05) is 0 Å². The Morgan fingerprint density at radius 3 is 2.69 bits per heavy atom. The summed E-state index contributed by atoms with van der Waals surface area (Å²) in [5, 5.41) is 0. The molecule has 7 nitrogen and oxygen atoms in total. The van der Waals surface area contributed by atoms with Crippen LogP contribution in [0.2, 0.25) is 0 Å². The van der Waals surface area contributed by atoms with E-state index in [1.54, 1.807) is 25.3 Å². The third-order valence-corrected chi connectivity index (χ3v) is 4.81. The predicted molar refractivity (Wildman–Crippen MR) is 100 cm³/mol. The molecule has 0 saturated carbocycles. The fourth-order valence-electron chi connectivity index (χ4n) is 3.36. The number of nitrogens with zero attached hydrogens (tertiary/aromatic N) is 6. The van der Waals surface area contributed by atoms with E-state index in [0.29, 0.717) is 11.6 Å². The summed E-state index contributed by atoms with van der Waals surface area (Å²) in [6, 6.07) is 3.88. The third-order valence-electron chi connectivity index (χ3n) is 4.81. The van der Waals surface area contributed by atoms with Gasteiger partial charge in [-0.2, -0.15) is 0 Å². The molecule has 0 radical (unpaired) electrons. The minimum absolute atomic E-state index is 0.0835. The van der Waals surface area contributed by atoms with Crippen molar-refractivity contribution < 1.29 is 4.79 Å². The van der Waals surface area contributed by atoms with Crippen LogP contribution in [-0.2, 0) is 6.42 Å². The summed E-state index contributed by atoms with van der Waals surface area (Å²) in [4.78, 5) is 33.1. The van der Waals surface area contributed by atoms with Crippen molar-refractivity contribution in [1.29, 1.82) is 0 Å². The van der Waals surface area contributed by atoms with Gasteiger partial charge in [-0.3, -0.25) is 4.79 Å². The fraction of sp³-hybridized carbons (Fsp3) is 0.526. The molecule has 1 amide bonds. The second kappa shape index (κ2) is 8.21. The molecule has 3 rings (SSSR count). The van der Waals surface area contributed by atoms with Gasteiger partial charge in [-0.25, -0.2) is 19.9 Å². The molecule has 0 bridgehead atoms. The van der Waals surface area contributed by atoms with Crippen LogP contribution in [0, 0.1) is 12.8 Å². The maximum Gasteiger partial charge on any atom is 0.272 e. The lowest BCUT2D eigenvalue weighted by Crippen LogP contribution is -2.25. The molecule has 1 aliphatic rings. The smallest absolute Gasteiger partial charge is 0.272 e. The Hall–Kier alpha value is -2.57. The van der Waals surface area contributed by atoms with E-state index in [9.17, 15) is 4.79 Å². The minimum Gasteiger partial charge on any atom is -0.357 e. The summed E-state index contributed by atoms with van der Waals surface area (Å²) in [6.45, 7) is 3.99. The molecule has 0 spiro atoms. The first kappa shape index (κ1) is 18.2. The predicted octanol–water partition coefficient (Wildman–Crippen LogP) is 2.13. The molecule has 1 atom stereocenters. The van der Waals surface area contributed by atoms with Gasteiger partial charge in [0.25, 0.3) is 5.91 Å². The highest BCUT2D eigenvalue weighted by Gasteiger charge is 2.20. The van der Waals surface area contributed by atoms with Crippen LogP contribution in [0.3, 0.4) is 0 Å². The zero-order valence-electron chi connectivity index (χ0n) is 15.7. The average molecular weight is 354 g/mol. The van der Waals surface area contributed by atoms with Gasteiger partial charge in [0.15, 0.2) is 0 Å². The fourth-order valence-corrected chi connectivity index (χ4v) is 3.36. The van der Waals surface area contributed by atoms with Gasteiger partial charge in [-0.15, -0.1) is 0 Å². The minimum atomic E-state index is -0.0835. The molecule has 3 heterocycles. The second-order valence-electron chi connectivity index (χ2n) is 7.10. The lowest BCUT2D eigenvalue weighted by molar-refractivity contribution is 0.0821. The summed E-state index contributed by atoms with van der Waals surface area (Å²) < 4.78 is 0. The van der Waals surface area contributed by atoms with Crippen molar-refractivity contribution in [2.24, 2.45) is 5.92 Å². The third kappa shape index (κ3) is 4.53. The van der Waals surface area contributed by atoms with E-state index >= 15 is 0 Å². The Morgan fingerprint density at radius 2 is 1.92 bits per heavy atom. The zero-order chi connectivity index (χ0) is 18.5. The zero-order valence-corrected chi connectivity index (χ0v) is 15.7. The summed E-state index contributed by atoms with van der Waals surface area (Å²) in [5.41, 5.74) is 2.41. The maximum atomic E-state index is 12.1. The van der Waals surface area contributed by atoms with Crippen molar-refractivity contribution in [3.63, 3.8) is 0 Å². The molecular weight excluding hydrogens is 328 g/mol. The van der Waals surface area contributed by atoms with Crippen LogP contribution < -0.4 is 4.90 Å². The lowest BCUT2D eigenvalue weighted by Gasteiger charge is -2.21. The Kier molecular flexibility index (Phi) is 5.75. The summed E-state index contributed by atoms with van der Waals surface area (Å²) in [5.74, 6) is 1.49. The standard InChI is InChI=1S/C19H26N6O/c1-14-9-18(23-12-20-14)25-7-4-5-15(6-8-25)10-16-11-17(22-13-21-16)19(26)24(2)3/h9,11-13,15H,4-8,10H2,1-3H3.